The van der Waals surface area contributed by atoms with Gasteiger partial charge in [0, 0.05) is 10.7 Å². The molecule has 0 radical (unpaired) electrons. The summed E-state index contributed by atoms with van der Waals surface area (Å²) in [6, 6.07) is 15.0. The maximum atomic E-state index is 12.2. The normalized spacial score (nSPS) is 13.0. The van der Waals surface area contributed by atoms with Crippen LogP contribution in [0.2, 0.25) is 5.02 Å². The third-order valence-electron chi connectivity index (χ3n) is 4.04. The molecule has 2 aromatic rings. The van der Waals surface area contributed by atoms with Crippen LogP contribution in [-0.2, 0) is 14.3 Å². The number of halogens is 1. The molecule has 5 heteroatoms. The molecule has 4 nitrogen and oxygen atoms in total. The van der Waals surface area contributed by atoms with Crippen molar-refractivity contribution in [3.8, 4) is 0 Å². The van der Waals surface area contributed by atoms with Crippen LogP contribution in [0.1, 0.15) is 37.3 Å². The quantitative estimate of drug-likeness (QED) is 0.760. The highest BCUT2D eigenvalue weighted by atomic mass is 35.5. The molecule has 0 bridgehead atoms. The third-order valence-corrected chi connectivity index (χ3v) is 4.45. The van der Waals surface area contributed by atoms with E-state index in [1.54, 1.807) is 25.1 Å². The number of esters is 1. The minimum absolute atomic E-state index is 0.0270. The maximum Gasteiger partial charge on any atom is 0.307 e. The Morgan fingerprint density at radius 2 is 1.76 bits per heavy atom. The summed E-state index contributed by atoms with van der Waals surface area (Å²) in [6.45, 7) is 5.33. The van der Waals surface area contributed by atoms with Crippen LogP contribution >= 0.6 is 11.6 Å². The number of carbonyl (C=O) groups excluding carboxylic acids is 2. The molecule has 0 heterocycles. The van der Waals surface area contributed by atoms with Crippen LogP contribution in [0, 0.1) is 6.92 Å². The molecule has 0 aromatic heterocycles. The lowest BCUT2D eigenvalue weighted by atomic mass is 9.98. The van der Waals surface area contributed by atoms with E-state index >= 15 is 0 Å². The van der Waals surface area contributed by atoms with Crippen molar-refractivity contribution in [2.45, 2.75) is 39.2 Å². The molecule has 1 amide bonds. The summed E-state index contributed by atoms with van der Waals surface area (Å²) >= 11 is 6.04. The third kappa shape index (κ3) is 5.33. The van der Waals surface area contributed by atoms with Crippen LogP contribution in [0.4, 0.5) is 5.69 Å². The average molecular weight is 360 g/mol. The van der Waals surface area contributed by atoms with E-state index in [1.165, 1.54) is 0 Å². The Kier molecular flexibility index (Phi) is 6.59. The van der Waals surface area contributed by atoms with Gasteiger partial charge in [-0.15, -0.1) is 0 Å². The van der Waals surface area contributed by atoms with Gasteiger partial charge in [0.15, 0.2) is 6.10 Å². The Hall–Kier alpha value is -2.33. The Labute approximate surface area is 153 Å². The molecule has 0 aliphatic heterocycles. The van der Waals surface area contributed by atoms with Crippen LogP contribution in [-0.4, -0.2) is 18.0 Å². The molecule has 0 saturated carbocycles. The van der Waals surface area contributed by atoms with Crippen molar-refractivity contribution < 1.29 is 14.3 Å². The zero-order valence-corrected chi connectivity index (χ0v) is 15.3. The highest BCUT2D eigenvalue weighted by Crippen LogP contribution is 2.23. The number of carbonyl (C=O) groups is 2. The van der Waals surface area contributed by atoms with E-state index in [1.807, 2.05) is 44.2 Å². The minimum Gasteiger partial charge on any atom is -0.453 e. The largest absolute Gasteiger partial charge is 0.453 e. The van der Waals surface area contributed by atoms with Gasteiger partial charge in [-0.3, -0.25) is 9.59 Å². The van der Waals surface area contributed by atoms with Crippen LogP contribution in [0.25, 0.3) is 0 Å². The standard InChI is InChI=1S/C20H22ClNO3/c1-13(16-8-5-4-6-9-16)12-19(23)25-15(3)20(24)22-18-11-7-10-17(21)14(18)2/h4-11,13,15H,12H2,1-3H3,(H,22,24)/t13-,15+/m0/s1. The van der Waals surface area contributed by atoms with Crippen molar-refractivity contribution in [1.29, 1.82) is 0 Å². The predicted octanol–water partition coefficient (Wildman–Crippen LogP) is 4.71. The highest BCUT2D eigenvalue weighted by Gasteiger charge is 2.20. The number of anilines is 1. The first kappa shape index (κ1) is 19.0. The lowest BCUT2D eigenvalue weighted by Crippen LogP contribution is -2.30. The predicted molar refractivity (Wildman–Crippen MR) is 99.8 cm³/mol. The Morgan fingerprint density at radius 1 is 1.08 bits per heavy atom. The van der Waals surface area contributed by atoms with Gasteiger partial charge in [-0.2, -0.15) is 0 Å². The van der Waals surface area contributed by atoms with Crippen molar-refractivity contribution in [2.24, 2.45) is 0 Å². The first-order valence-corrected chi connectivity index (χ1v) is 8.56. The number of hydrogen-bond acceptors (Lipinski definition) is 3. The zero-order valence-electron chi connectivity index (χ0n) is 14.6. The van der Waals surface area contributed by atoms with Gasteiger partial charge < -0.3 is 10.1 Å². The number of nitrogens with one attached hydrogen (secondary N) is 1. The van der Waals surface area contributed by atoms with Gasteiger partial charge >= 0.3 is 5.97 Å². The average Bonchev–Trinajstić information content (AvgIpc) is 2.59. The maximum absolute atomic E-state index is 12.2. The number of hydrogen-bond donors (Lipinski definition) is 1. The molecule has 0 fully saturated rings. The lowest BCUT2D eigenvalue weighted by molar-refractivity contribution is -0.153. The fourth-order valence-electron chi connectivity index (χ4n) is 2.43. The van der Waals surface area contributed by atoms with Crippen LogP contribution < -0.4 is 5.32 Å². The van der Waals surface area contributed by atoms with E-state index in [2.05, 4.69) is 5.32 Å². The molecule has 0 aliphatic rings. The topological polar surface area (TPSA) is 55.4 Å². The summed E-state index contributed by atoms with van der Waals surface area (Å²) in [5.74, 6) is -0.757. The monoisotopic (exact) mass is 359 g/mol. The van der Waals surface area contributed by atoms with E-state index in [-0.39, 0.29) is 18.2 Å². The van der Waals surface area contributed by atoms with Crippen molar-refractivity contribution >= 4 is 29.2 Å². The minimum atomic E-state index is -0.881. The molecule has 2 atom stereocenters. The molecule has 0 unspecified atom stereocenters. The first-order valence-electron chi connectivity index (χ1n) is 8.19. The molecule has 0 saturated heterocycles. The van der Waals surface area contributed by atoms with Crippen LogP contribution in [0.15, 0.2) is 48.5 Å². The van der Waals surface area contributed by atoms with Crippen molar-refractivity contribution in [2.75, 3.05) is 5.32 Å². The molecule has 2 rings (SSSR count). The van der Waals surface area contributed by atoms with Crippen LogP contribution in [0.5, 0.6) is 0 Å². The van der Waals surface area contributed by atoms with E-state index < -0.39 is 12.1 Å². The summed E-state index contributed by atoms with van der Waals surface area (Å²) in [5.41, 5.74) is 2.44. The van der Waals surface area contributed by atoms with Gasteiger partial charge in [-0.1, -0.05) is 54.9 Å². The fourth-order valence-corrected chi connectivity index (χ4v) is 2.60. The second-order valence-electron chi connectivity index (χ2n) is 6.05. The van der Waals surface area contributed by atoms with Crippen LogP contribution in [0.3, 0.4) is 0 Å². The number of rotatable bonds is 6. The van der Waals surface area contributed by atoms with E-state index in [4.69, 9.17) is 16.3 Å². The molecule has 0 spiro atoms. The summed E-state index contributed by atoms with van der Waals surface area (Å²) in [4.78, 5) is 24.3. The molecule has 0 aliphatic carbocycles. The van der Waals surface area contributed by atoms with E-state index in [9.17, 15) is 9.59 Å². The summed E-state index contributed by atoms with van der Waals surface area (Å²) in [7, 11) is 0. The van der Waals surface area contributed by atoms with Gasteiger partial charge in [0.1, 0.15) is 0 Å². The van der Waals surface area contributed by atoms with E-state index in [0.29, 0.717) is 10.7 Å². The second kappa shape index (κ2) is 8.67. The molecule has 132 valence electrons. The van der Waals surface area contributed by atoms with Gasteiger partial charge in [-0.25, -0.2) is 0 Å². The van der Waals surface area contributed by atoms with Gasteiger partial charge in [-0.05, 0) is 43.0 Å². The number of benzene rings is 2. The Bertz CT molecular complexity index is 746. The second-order valence-corrected chi connectivity index (χ2v) is 6.46. The smallest absolute Gasteiger partial charge is 0.307 e. The van der Waals surface area contributed by atoms with Gasteiger partial charge in [0.25, 0.3) is 5.91 Å². The molecule has 25 heavy (non-hydrogen) atoms. The zero-order chi connectivity index (χ0) is 18.4. The molecular weight excluding hydrogens is 338 g/mol. The Balaban J connectivity index is 1.90. The molecule has 1 N–H and O–H groups in total. The summed E-state index contributed by atoms with van der Waals surface area (Å²) in [6.07, 6.45) is -0.661. The van der Waals surface area contributed by atoms with E-state index in [0.717, 1.165) is 11.1 Å². The molecule has 2 aromatic carbocycles. The summed E-state index contributed by atoms with van der Waals surface area (Å²) in [5, 5.41) is 3.31. The SMILES string of the molecule is Cc1c(Cl)cccc1NC(=O)[C@@H](C)OC(=O)C[C@H](C)c1ccccc1. The van der Waals surface area contributed by atoms with Crippen molar-refractivity contribution in [3.05, 3.63) is 64.7 Å². The number of amides is 1. The highest BCUT2D eigenvalue weighted by molar-refractivity contribution is 6.31. The lowest BCUT2D eigenvalue weighted by Gasteiger charge is -2.17. The van der Waals surface area contributed by atoms with Gasteiger partial charge in [0.05, 0.1) is 6.42 Å². The first-order chi connectivity index (χ1) is 11.9. The van der Waals surface area contributed by atoms with Gasteiger partial charge in [0.2, 0.25) is 0 Å². The van der Waals surface area contributed by atoms with Crippen molar-refractivity contribution in [1.82, 2.24) is 0 Å². The summed E-state index contributed by atoms with van der Waals surface area (Å²) < 4.78 is 5.26. The number of ether oxygens (including phenoxy) is 1. The van der Waals surface area contributed by atoms with Crippen molar-refractivity contribution in [3.63, 3.8) is 0 Å². The molecular formula is C20H22ClNO3. The fraction of sp³-hybridized carbons (Fsp3) is 0.300. The Morgan fingerprint density at radius 3 is 2.44 bits per heavy atom.